The van der Waals surface area contributed by atoms with Crippen molar-refractivity contribution in [2.75, 3.05) is 10.6 Å². The highest BCUT2D eigenvalue weighted by Crippen LogP contribution is 2.35. The summed E-state index contributed by atoms with van der Waals surface area (Å²) in [4.78, 5) is 8.24. The van der Waals surface area contributed by atoms with Crippen molar-refractivity contribution < 1.29 is 0 Å². The maximum absolute atomic E-state index is 5.48. The highest BCUT2D eigenvalue weighted by atomic mass is 32.1. The Balaban J connectivity index is 1.10. The fourth-order valence-electron chi connectivity index (χ4n) is 5.13. The van der Waals surface area contributed by atoms with Crippen molar-refractivity contribution in [3.05, 3.63) is 49.1 Å². The Morgan fingerprint density at radius 2 is 1.12 bits per heavy atom. The van der Waals surface area contributed by atoms with Crippen LogP contribution in [0.1, 0.15) is 57.8 Å². The molecule has 2 fully saturated rings. The molecule has 33 heavy (non-hydrogen) atoms. The first kappa shape index (κ1) is 23.8. The zero-order valence-electron chi connectivity index (χ0n) is 19.0. The van der Waals surface area contributed by atoms with Crippen LogP contribution in [0.15, 0.2) is 49.1 Å². The van der Waals surface area contributed by atoms with E-state index in [1.54, 1.807) is 24.8 Å². The molecule has 4 N–H and O–H groups in total. The van der Waals surface area contributed by atoms with Crippen molar-refractivity contribution >= 4 is 46.0 Å². The van der Waals surface area contributed by atoms with Gasteiger partial charge in [-0.15, -0.1) is 0 Å². The van der Waals surface area contributed by atoms with Crippen molar-refractivity contribution in [3.8, 4) is 0 Å². The minimum absolute atomic E-state index is 0.478. The molecule has 2 saturated carbocycles. The first-order valence-corrected chi connectivity index (χ1v) is 12.9. The maximum atomic E-state index is 5.48. The Labute approximate surface area is 207 Å². The summed E-state index contributed by atoms with van der Waals surface area (Å²) in [5.74, 6) is 1.71. The van der Waals surface area contributed by atoms with E-state index in [0.717, 1.165) is 23.2 Å². The fraction of sp³-hybridized carbons (Fsp3) is 0.520. The van der Waals surface area contributed by atoms with E-state index in [4.69, 9.17) is 24.4 Å². The predicted molar refractivity (Wildman–Crippen MR) is 143 cm³/mol. The first-order valence-electron chi connectivity index (χ1n) is 12.1. The van der Waals surface area contributed by atoms with Gasteiger partial charge in [-0.1, -0.05) is 0 Å². The second-order valence-corrected chi connectivity index (χ2v) is 10.2. The lowest BCUT2D eigenvalue weighted by Crippen LogP contribution is -2.41. The fourth-order valence-corrected chi connectivity index (χ4v) is 5.70. The number of thiocarbonyl (C=S) groups is 2. The third kappa shape index (κ3) is 7.89. The molecule has 0 radical (unpaired) electrons. The van der Waals surface area contributed by atoms with E-state index in [-0.39, 0.29) is 0 Å². The van der Waals surface area contributed by atoms with Gasteiger partial charge >= 0.3 is 0 Å². The molecule has 0 aromatic carbocycles. The molecule has 2 aliphatic carbocycles. The third-order valence-electron chi connectivity index (χ3n) is 6.87. The van der Waals surface area contributed by atoms with E-state index >= 15 is 0 Å². The van der Waals surface area contributed by atoms with Gasteiger partial charge in [0, 0.05) is 24.5 Å². The molecule has 8 heteroatoms. The van der Waals surface area contributed by atoms with Crippen LogP contribution in [0.5, 0.6) is 0 Å². The highest BCUT2D eigenvalue weighted by molar-refractivity contribution is 7.80. The Hall–Kier alpha value is -2.32. The Morgan fingerprint density at radius 3 is 1.48 bits per heavy atom. The molecule has 0 bridgehead atoms. The standard InChI is InChI=1S/C25H34N6S2/c32-24(30-22-3-1-13-26-16-22)28-20-9-5-18(6-10-20)15-19-7-11-21(12-8-19)29-25(33)31-23-4-2-14-27-17-23/h1-4,13-14,16-21H,5-12,15H2,(H2,28,30,32)(H2,29,31,33). The van der Waals surface area contributed by atoms with Crippen LogP contribution < -0.4 is 21.3 Å². The van der Waals surface area contributed by atoms with E-state index in [1.807, 2.05) is 24.3 Å². The highest BCUT2D eigenvalue weighted by Gasteiger charge is 2.27. The number of hydrogen-bond donors (Lipinski definition) is 4. The van der Waals surface area contributed by atoms with Crippen molar-refractivity contribution in [3.63, 3.8) is 0 Å². The number of rotatable bonds is 6. The molecule has 4 rings (SSSR count). The van der Waals surface area contributed by atoms with Crippen molar-refractivity contribution in [2.45, 2.75) is 69.9 Å². The van der Waals surface area contributed by atoms with Gasteiger partial charge in [0.1, 0.15) is 0 Å². The van der Waals surface area contributed by atoms with Crippen LogP contribution in [0.4, 0.5) is 11.4 Å². The summed E-state index contributed by atoms with van der Waals surface area (Å²) < 4.78 is 0. The lowest BCUT2D eigenvalue weighted by atomic mass is 9.76. The Kier molecular flexibility index (Phi) is 8.83. The zero-order valence-corrected chi connectivity index (χ0v) is 20.6. The van der Waals surface area contributed by atoms with E-state index in [2.05, 4.69) is 31.2 Å². The predicted octanol–water partition coefficient (Wildman–Crippen LogP) is 5.26. The average molecular weight is 483 g/mol. The molecule has 2 aromatic heterocycles. The molecule has 2 aromatic rings. The summed E-state index contributed by atoms with van der Waals surface area (Å²) in [5, 5.41) is 14.9. The summed E-state index contributed by atoms with van der Waals surface area (Å²) in [6.07, 6.45) is 18.5. The molecule has 2 aliphatic rings. The van der Waals surface area contributed by atoms with E-state index in [0.29, 0.717) is 22.3 Å². The number of aromatic nitrogens is 2. The Bertz CT molecular complexity index is 805. The molecule has 2 heterocycles. The second-order valence-electron chi connectivity index (χ2n) is 9.35. The van der Waals surface area contributed by atoms with E-state index in [1.165, 1.54) is 57.8 Å². The third-order valence-corrected chi connectivity index (χ3v) is 7.31. The summed E-state index contributed by atoms with van der Waals surface area (Å²) in [5.41, 5.74) is 1.87. The van der Waals surface area contributed by atoms with Gasteiger partial charge in [0.05, 0.1) is 23.8 Å². The molecule has 6 nitrogen and oxygen atoms in total. The summed E-state index contributed by atoms with van der Waals surface area (Å²) in [6, 6.07) is 8.73. The van der Waals surface area contributed by atoms with Gasteiger partial charge in [-0.25, -0.2) is 0 Å². The van der Waals surface area contributed by atoms with Gasteiger partial charge in [-0.05, 0) is 118 Å². The van der Waals surface area contributed by atoms with Crippen LogP contribution in [-0.4, -0.2) is 32.3 Å². The van der Waals surface area contributed by atoms with Gasteiger partial charge in [-0.3, -0.25) is 9.97 Å². The van der Waals surface area contributed by atoms with E-state index < -0.39 is 0 Å². The maximum Gasteiger partial charge on any atom is 0.171 e. The van der Waals surface area contributed by atoms with Crippen LogP contribution in [0.2, 0.25) is 0 Å². The topological polar surface area (TPSA) is 73.9 Å². The van der Waals surface area contributed by atoms with Gasteiger partial charge in [-0.2, -0.15) is 0 Å². The quantitative estimate of drug-likeness (QED) is 0.416. The number of pyridine rings is 2. The minimum atomic E-state index is 0.478. The summed E-state index contributed by atoms with van der Waals surface area (Å²) in [7, 11) is 0. The zero-order chi connectivity index (χ0) is 22.9. The number of anilines is 2. The molecule has 0 amide bonds. The average Bonchev–Trinajstić information content (AvgIpc) is 2.83. The molecule has 0 atom stereocenters. The second kappa shape index (κ2) is 12.2. The monoisotopic (exact) mass is 482 g/mol. The number of nitrogens with zero attached hydrogens (tertiary/aromatic N) is 2. The van der Waals surface area contributed by atoms with Gasteiger partial charge < -0.3 is 21.3 Å². The van der Waals surface area contributed by atoms with Crippen molar-refractivity contribution in [2.24, 2.45) is 11.8 Å². The largest absolute Gasteiger partial charge is 0.360 e. The summed E-state index contributed by atoms with van der Waals surface area (Å²) >= 11 is 11.0. The normalized spacial score (nSPS) is 25.0. The first-order chi connectivity index (χ1) is 16.1. The van der Waals surface area contributed by atoms with E-state index in [9.17, 15) is 0 Å². The van der Waals surface area contributed by atoms with Crippen molar-refractivity contribution in [1.82, 2.24) is 20.6 Å². The van der Waals surface area contributed by atoms with Crippen molar-refractivity contribution in [1.29, 1.82) is 0 Å². The molecule has 0 saturated heterocycles. The minimum Gasteiger partial charge on any atom is -0.360 e. The molecular formula is C25H34N6S2. The smallest absolute Gasteiger partial charge is 0.171 e. The lowest BCUT2D eigenvalue weighted by Gasteiger charge is -2.35. The molecule has 176 valence electrons. The number of hydrogen-bond acceptors (Lipinski definition) is 4. The number of nitrogens with one attached hydrogen (secondary N) is 4. The molecule has 0 spiro atoms. The molecule has 0 aliphatic heterocycles. The molecule has 0 unspecified atom stereocenters. The molecular weight excluding hydrogens is 448 g/mol. The summed E-state index contributed by atoms with van der Waals surface area (Å²) in [6.45, 7) is 0. The van der Waals surface area contributed by atoms with Crippen LogP contribution in [0.3, 0.4) is 0 Å². The SMILES string of the molecule is S=C(Nc1cccnc1)NC1CCC(CC2CCC(NC(=S)Nc3cccnc3)CC2)CC1. The van der Waals surface area contributed by atoms with Crippen LogP contribution in [-0.2, 0) is 0 Å². The van der Waals surface area contributed by atoms with Crippen LogP contribution in [0, 0.1) is 11.8 Å². The lowest BCUT2D eigenvalue weighted by molar-refractivity contribution is 0.217. The van der Waals surface area contributed by atoms with Gasteiger partial charge in [0.15, 0.2) is 10.2 Å². The van der Waals surface area contributed by atoms with Gasteiger partial charge in [0.2, 0.25) is 0 Å². The van der Waals surface area contributed by atoms with Crippen LogP contribution in [0.25, 0.3) is 0 Å². The van der Waals surface area contributed by atoms with Gasteiger partial charge in [0.25, 0.3) is 0 Å². The Morgan fingerprint density at radius 1 is 0.697 bits per heavy atom. The van der Waals surface area contributed by atoms with Crippen LogP contribution >= 0.6 is 24.4 Å².